The van der Waals surface area contributed by atoms with Gasteiger partial charge in [-0.1, -0.05) is 11.6 Å². The summed E-state index contributed by atoms with van der Waals surface area (Å²) in [6.07, 6.45) is -0.282. The first kappa shape index (κ1) is 34.9. The Morgan fingerprint density at radius 3 is 2.43 bits per heavy atom. The van der Waals surface area contributed by atoms with Crippen LogP contribution in [0.3, 0.4) is 0 Å². The Labute approximate surface area is 275 Å². The van der Waals surface area contributed by atoms with E-state index >= 15 is 0 Å². The number of pyridine rings is 1. The SMILES string of the molecule is COC(=O)COc1cc([N+](=O)[O-])ccc1NC(=O)CCN(CCNc1cc(C)nc2ccc(Cl)cc12)S(=O)(=O)c1ccc(OC)cc1. The third-order valence-electron chi connectivity index (χ3n) is 6.88. The van der Waals surface area contributed by atoms with Crippen LogP contribution in [-0.4, -0.2) is 75.0 Å². The second kappa shape index (κ2) is 15.5. The number of aryl methyl sites for hydroxylation is 1. The summed E-state index contributed by atoms with van der Waals surface area (Å²) in [7, 11) is -1.46. The third kappa shape index (κ3) is 9.06. The maximum absolute atomic E-state index is 13.8. The highest BCUT2D eigenvalue weighted by atomic mass is 35.5. The van der Waals surface area contributed by atoms with Crippen molar-refractivity contribution in [2.75, 3.05) is 51.1 Å². The number of ether oxygens (including phenoxy) is 3. The minimum absolute atomic E-state index is 0.00422. The molecule has 248 valence electrons. The Morgan fingerprint density at radius 1 is 1.00 bits per heavy atom. The van der Waals surface area contributed by atoms with Crippen LogP contribution in [0.25, 0.3) is 10.9 Å². The number of amides is 1. The number of rotatable bonds is 15. The highest BCUT2D eigenvalue weighted by Gasteiger charge is 2.25. The van der Waals surface area contributed by atoms with E-state index in [0.29, 0.717) is 16.5 Å². The van der Waals surface area contributed by atoms with Crippen molar-refractivity contribution in [3.8, 4) is 11.5 Å². The van der Waals surface area contributed by atoms with E-state index in [4.69, 9.17) is 21.1 Å². The fourth-order valence-corrected chi connectivity index (χ4v) is 6.14. The van der Waals surface area contributed by atoms with Gasteiger partial charge < -0.3 is 24.8 Å². The van der Waals surface area contributed by atoms with Gasteiger partial charge in [0, 0.05) is 53.9 Å². The molecule has 0 bridgehead atoms. The molecule has 0 radical (unpaired) electrons. The van der Waals surface area contributed by atoms with Crippen LogP contribution >= 0.6 is 11.6 Å². The van der Waals surface area contributed by atoms with Crippen LogP contribution < -0.4 is 20.1 Å². The molecule has 0 atom stereocenters. The normalized spacial score (nSPS) is 11.3. The Hall–Kier alpha value is -4.99. The van der Waals surface area contributed by atoms with Crippen molar-refractivity contribution >= 4 is 61.5 Å². The average molecular weight is 686 g/mol. The lowest BCUT2D eigenvalue weighted by atomic mass is 10.1. The number of halogens is 1. The lowest BCUT2D eigenvalue weighted by Gasteiger charge is -2.23. The van der Waals surface area contributed by atoms with Gasteiger partial charge in [0.25, 0.3) is 5.69 Å². The molecule has 0 aliphatic carbocycles. The molecule has 2 N–H and O–H groups in total. The Balaban J connectivity index is 1.53. The van der Waals surface area contributed by atoms with Crippen LogP contribution in [0.1, 0.15) is 12.1 Å². The van der Waals surface area contributed by atoms with Gasteiger partial charge in [0.1, 0.15) is 5.75 Å². The van der Waals surface area contributed by atoms with E-state index in [1.807, 2.05) is 13.0 Å². The second-order valence-electron chi connectivity index (χ2n) is 10.1. The summed E-state index contributed by atoms with van der Waals surface area (Å²) in [5.74, 6) is -0.997. The number of sulfonamides is 1. The topological polar surface area (TPSA) is 179 Å². The number of non-ortho nitro benzene ring substituents is 1. The van der Waals surface area contributed by atoms with Crippen molar-refractivity contribution in [3.05, 3.63) is 87.6 Å². The molecule has 47 heavy (non-hydrogen) atoms. The standard InChI is InChI=1S/C31H32ClN5O9S/c1-20-16-28(25-17-21(32)4-10-26(25)34-20)33-13-15-36(47(42,43)24-8-6-23(44-2)7-9-24)14-12-30(38)35-27-11-5-22(37(40)41)18-29(27)46-19-31(39)45-3/h4-11,16-18H,12-15,19H2,1-3H3,(H,33,34)(H,35,38). The number of hydrogen-bond acceptors (Lipinski definition) is 11. The number of hydrogen-bond donors (Lipinski definition) is 2. The third-order valence-corrected chi connectivity index (χ3v) is 9.03. The van der Waals surface area contributed by atoms with Crippen molar-refractivity contribution in [3.63, 3.8) is 0 Å². The number of nitrogens with zero attached hydrogens (tertiary/aromatic N) is 3. The summed E-state index contributed by atoms with van der Waals surface area (Å²) in [4.78, 5) is 39.8. The van der Waals surface area contributed by atoms with Crippen LogP contribution in [0.5, 0.6) is 11.5 Å². The minimum atomic E-state index is -4.08. The Morgan fingerprint density at radius 2 is 1.74 bits per heavy atom. The van der Waals surface area contributed by atoms with Gasteiger partial charge in [-0.2, -0.15) is 4.31 Å². The first-order chi connectivity index (χ1) is 22.4. The number of benzene rings is 3. The van der Waals surface area contributed by atoms with Gasteiger partial charge in [-0.25, -0.2) is 13.2 Å². The average Bonchev–Trinajstić information content (AvgIpc) is 3.05. The van der Waals surface area contributed by atoms with Crippen LogP contribution in [0, 0.1) is 17.0 Å². The first-order valence-corrected chi connectivity index (χ1v) is 16.0. The number of methoxy groups -OCH3 is 2. The van der Waals surface area contributed by atoms with Crippen molar-refractivity contribution in [1.29, 1.82) is 0 Å². The molecule has 1 aromatic heterocycles. The number of carbonyl (C=O) groups is 2. The molecule has 0 aliphatic rings. The summed E-state index contributed by atoms with van der Waals surface area (Å²) >= 11 is 6.21. The van der Waals surface area contributed by atoms with Gasteiger partial charge in [-0.3, -0.25) is 19.9 Å². The summed E-state index contributed by atoms with van der Waals surface area (Å²) in [6.45, 7) is 1.23. The Bertz CT molecular complexity index is 1890. The predicted molar refractivity (Wildman–Crippen MR) is 176 cm³/mol. The molecule has 0 fully saturated rings. The highest BCUT2D eigenvalue weighted by molar-refractivity contribution is 7.89. The van der Waals surface area contributed by atoms with Crippen LogP contribution in [-0.2, 0) is 24.3 Å². The number of nitro benzene ring substituents is 1. The van der Waals surface area contributed by atoms with Crippen molar-refractivity contribution < 1.29 is 37.1 Å². The van der Waals surface area contributed by atoms with Gasteiger partial charge in [0.2, 0.25) is 15.9 Å². The minimum Gasteiger partial charge on any atom is -0.497 e. The summed E-state index contributed by atoms with van der Waals surface area (Å²) in [5.41, 5.74) is 1.91. The van der Waals surface area contributed by atoms with E-state index in [0.717, 1.165) is 35.8 Å². The van der Waals surface area contributed by atoms with E-state index in [-0.39, 0.29) is 48.1 Å². The van der Waals surface area contributed by atoms with E-state index in [2.05, 4.69) is 20.4 Å². The molecule has 3 aromatic carbocycles. The quantitative estimate of drug-likeness (QED) is 0.0997. The fraction of sp³-hybridized carbons (Fsp3) is 0.258. The molecule has 0 spiro atoms. The number of nitro groups is 1. The molecule has 0 aliphatic heterocycles. The second-order valence-corrected chi connectivity index (χ2v) is 12.5. The molecule has 1 heterocycles. The molecule has 0 saturated heterocycles. The van der Waals surface area contributed by atoms with Gasteiger partial charge in [0.15, 0.2) is 12.4 Å². The molecule has 0 saturated carbocycles. The zero-order chi connectivity index (χ0) is 34.1. The van der Waals surface area contributed by atoms with Gasteiger partial charge in [-0.15, -0.1) is 0 Å². The maximum atomic E-state index is 13.8. The number of aromatic nitrogens is 1. The van der Waals surface area contributed by atoms with E-state index in [9.17, 15) is 28.1 Å². The number of esters is 1. The predicted octanol–water partition coefficient (Wildman–Crippen LogP) is 4.80. The van der Waals surface area contributed by atoms with Crippen LogP contribution in [0.4, 0.5) is 17.1 Å². The van der Waals surface area contributed by atoms with Crippen molar-refractivity contribution in [1.82, 2.24) is 9.29 Å². The molecule has 1 amide bonds. The summed E-state index contributed by atoms with van der Waals surface area (Å²) in [5, 5.41) is 18.4. The zero-order valence-electron chi connectivity index (χ0n) is 25.7. The van der Waals surface area contributed by atoms with E-state index in [1.165, 1.54) is 41.7 Å². The summed E-state index contributed by atoms with van der Waals surface area (Å²) in [6, 6.07) is 16.5. The largest absolute Gasteiger partial charge is 0.497 e. The van der Waals surface area contributed by atoms with Gasteiger partial charge in [-0.05, 0) is 61.5 Å². The maximum Gasteiger partial charge on any atom is 0.343 e. The molecule has 0 unspecified atom stereocenters. The molecule has 16 heteroatoms. The van der Waals surface area contributed by atoms with Crippen molar-refractivity contribution in [2.24, 2.45) is 0 Å². The molecule has 4 rings (SSSR count). The lowest BCUT2D eigenvalue weighted by Crippen LogP contribution is -2.37. The van der Waals surface area contributed by atoms with Gasteiger partial charge in [0.05, 0.1) is 41.3 Å². The van der Waals surface area contributed by atoms with Crippen molar-refractivity contribution in [2.45, 2.75) is 18.2 Å². The molecular weight excluding hydrogens is 654 g/mol. The lowest BCUT2D eigenvalue weighted by molar-refractivity contribution is -0.384. The summed E-state index contributed by atoms with van der Waals surface area (Å²) < 4.78 is 43.7. The van der Waals surface area contributed by atoms with E-state index < -0.39 is 33.4 Å². The molecular formula is C31H32ClN5O9S. The Kier molecular flexibility index (Phi) is 11.5. The molecule has 4 aromatic rings. The number of anilines is 2. The molecule has 14 nitrogen and oxygen atoms in total. The fourth-order valence-electron chi connectivity index (χ4n) is 4.52. The highest BCUT2D eigenvalue weighted by Crippen LogP contribution is 2.30. The first-order valence-electron chi connectivity index (χ1n) is 14.1. The number of nitrogens with one attached hydrogen (secondary N) is 2. The van der Waals surface area contributed by atoms with Crippen LogP contribution in [0.15, 0.2) is 71.6 Å². The number of fused-ring (bicyclic) bond motifs is 1. The zero-order valence-corrected chi connectivity index (χ0v) is 27.3. The number of carbonyl (C=O) groups excluding carboxylic acids is 2. The smallest absolute Gasteiger partial charge is 0.343 e. The van der Waals surface area contributed by atoms with Crippen LogP contribution in [0.2, 0.25) is 5.02 Å². The van der Waals surface area contributed by atoms with Gasteiger partial charge >= 0.3 is 5.97 Å². The van der Waals surface area contributed by atoms with E-state index in [1.54, 1.807) is 18.2 Å². The monoisotopic (exact) mass is 685 g/mol.